The first-order valence-electron chi connectivity index (χ1n) is 7.42. The molecule has 6 heteroatoms. The first kappa shape index (κ1) is 19.1. The predicted molar refractivity (Wildman–Crippen MR) is 94.8 cm³/mol. The summed E-state index contributed by atoms with van der Waals surface area (Å²) in [6.07, 6.45) is 1.52. The van der Waals surface area contributed by atoms with Crippen LogP contribution in [0.2, 0.25) is 18.1 Å². The second-order valence-electron chi connectivity index (χ2n) is 7.14. The lowest BCUT2D eigenvalue weighted by molar-refractivity contribution is -0.138. The van der Waals surface area contributed by atoms with Crippen molar-refractivity contribution in [2.75, 3.05) is 0 Å². The SMILES string of the molecule is C/C(=C\c1csc(C)n1)[C@H](CC(=O)O)O[Si](C)(C)C(C)(C)C. The molecule has 0 unspecified atom stereocenters. The van der Waals surface area contributed by atoms with Crippen molar-refractivity contribution in [3.8, 4) is 0 Å². The number of thiazole rings is 1. The summed E-state index contributed by atoms with van der Waals surface area (Å²) >= 11 is 1.59. The molecule has 0 saturated heterocycles. The molecule has 1 aromatic rings. The Morgan fingerprint density at radius 3 is 2.50 bits per heavy atom. The minimum absolute atomic E-state index is 0.0159. The van der Waals surface area contributed by atoms with Crippen LogP contribution in [0.25, 0.3) is 6.08 Å². The highest BCUT2D eigenvalue weighted by Gasteiger charge is 2.39. The fraction of sp³-hybridized carbons (Fsp3) is 0.625. The van der Waals surface area contributed by atoms with Crippen LogP contribution in [-0.4, -0.2) is 30.5 Å². The van der Waals surface area contributed by atoms with Gasteiger partial charge in [-0.1, -0.05) is 20.8 Å². The van der Waals surface area contributed by atoms with E-state index in [0.29, 0.717) is 0 Å². The Balaban J connectivity index is 3.02. The third-order valence-corrected chi connectivity index (χ3v) is 9.40. The zero-order valence-electron chi connectivity index (χ0n) is 14.6. The summed E-state index contributed by atoms with van der Waals surface area (Å²) in [7, 11) is -2.03. The molecule has 0 spiro atoms. The van der Waals surface area contributed by atoms with Gasteiger partial charge in [0.2, 0.25) is 0 Å². The standard InChI is InChI=1S/C16H27NO3SSi/c1-11(8-13-10-21-12(2)17-13)14(9-15(18)19)20-22(6,7)16(3,4)5/h8,10,14H,9H2,1-7H3,(H,18,19)/b11-8+/t14-/m0/s1. The van der Waals surface area contributed by atoms with Crippen molar-refractivity contribution in [1.29, 1.82) is 0 Å². The fourth-order valence-corrected chi connectivity index (χ4v) is 3.66. The number of nitrogens with zero attached hydrogens (tertiary/aromatic N) is 1. The molecular weight excluding hydrogens is 314 g/mol. The number of carboxylic acid groups (broad SMARTS) is 1. The van der Waals surface area contributed by atoms with E-state index in [1.165, 1.54) is 0 Å². The van der Waals surface area contributed by atoms with Gasteiger partial charge < -0.3 is 9.53 Å². The Kier molecular flexibility index (Phi) is 6.12. The quantitative estimate of drug-likeness (QED) is 0.761. The van der Waals surface area contributed by atoms with Crippen molar-refractivity contribution < 1.29 is 14.3 Å². The van der Waals surface area contributed by atoms with Gasteiger partial charge in [0.25, 0.3) is 0 Å². The summed E-state index contributed by atoms with van der Waals surface area (Å²) in [6, 6.07) is 0. The maximum atomic E-state index is 11.2. The summed E-state index contributed by atoms with van der Waals surface area (Å²) in [4.78, 5) is 15.6. The van der Waals surface area contributed by atoms with Crippen LogP contribution < -0.4 is 0 Å². The van der Waals surface area contributed by atoms with Crippen LogP contribution in [0.3, 0.4) is 0 Å². The molecule has 1 rings (SSSR count). The molecule has 1 heterocycles. The van der Waals surface area contributed by atoms with Gasteiger partial charge in [0.05, 0.1) is 23.2 Å². The third-order valence-electron chi connectivity index (χ3n) is 4.12. The number of rotatable bonds is 6. The van der Waals surface area contributed by atoms with Gasteiger partial charge in [0, 0.05) is 5.38 Å². The van der Waals surface area contributed by atoms with Crippen molar-refractivity contribution in [3.63, 3.8) is 0 Å². The van der Waals surface area contributed by atoms with Crippen LogP contribution in [0.1, 0.15) is 44.8 Å². The molecule has 0 aromatic carbocycles. The maximum absolute atomic E-state index is 11.2. The van der Waals surface area contributed by atoms with E-state index in [1.807, 2.05) is 25.3 Å². The second kappa shape index (κ2) is 7.06. The van der Waals surface area contributed by atoms with E-state index in [0.717, 1.165) is 16.3 Å². The van der Waals surface area contributed by atoms with Crippen LogP contribution in [0.5, 0.6) is 0 Å². The largest absolute Gasteiger partial charge is 0.481 e. The van der Waals surface area contributed by atoms with Gasteiger partial charge in [-0.05, 0) is 43.6 Å². The van der Waals surface area contributed by atoms with Gasteiger partial charge in [-0.3, -0.25) is 4.79 Å². The molecule has 0 saturated carbocycles. The number of aryl methyl sites for hydroxylation is 1. The van der Waals surface area contributed by atoms with E-state index in [9.17, 15) is 9.90 Å². The van der Waals surface area contributed by atoms with Crippen molar-refractivity contribution in [3.05, 3.63) is 21.7 Å². The lowest BCUT2D eigenvalue weighted by atomic mass is 10.1. The molecule has 1 aromatic heterocycles. The molecular formula is C16H27NO3SSi. The molecule has 0 amide bonds. The molecule has 1 atom stereocenters. The van der Waals surface area contributed by atoms with E-state index in [-0.39, 0.29) is 11.5 Å². The average Bonchev–Trinajstić information content (AvgIpc) is 2.71. The van der Waals surface area contributed by atoms with Gasteiger partial charge >= 0.3 is 5.97 Å². The minimum Gasteiger partial charge on any atom is -0.481 e. The molecule has 1 N–H and O–H groups in total. The van der Waals surface area contributed by atoms with E-state index >= 15 is 0 Å². The van der Waals surface area contributed by atoms with Crippen molar-refractivity contribution >= 4 is 31.7 Å². The molecule has 0 aliphatic carbocycles. The number of carbonyl (C=O) groups is 1. The number of aliphatic carboxylic acids is 1. The van der Waals surface area contributed by atoms with Gasteiger partial charge in [0.15, 0.2) is 8.32 Å². The van der Waals surface area contributed by atoms with Crippen LogP contribution in [-0.2, 0) is 9.22 Å². The van der Waals surface area contributed by atoms with Crippen LogP contribution in [0.15, 0.2) is 11.0 Å². The molecule has 22 heavy (non-hydrogen) atoms. The van der Waals surface area contributed by atoms with E-state index in [4.69, 9.17) is 4.43 Å². The molecule has 124 valence electrons. The average molecular weight is 342 g/mol. The summed E-state index contributed by atoms with van der Waals surface area (Å²) < 4.78 is 6.32. The number of hydrogen-bond acceptors (Lipinski definition) is 4. The lowest BCUT2D eigenvalue weighted by Gasteiger charge is -2.39. The van der Waals surface area contributed by atoms with E-state index in [2.05, 4.69) is 38.8 Å². The zero-order valence-corrected chi connectivity index (χ0v) is 16.4. The van der Waals surface area contributed by atoms with Crippen molar-refractivity contribution in [2.45, 2.75) is 65.3 Å². The Hall–Kier alpha value is -0.983. The summed E-state index contributed by atoms with van der Waals surface area (Å²) in [5.74, 6) is -0.842. The monoisotopic (exact) mass is 341 g/mol. The van der Waals surface area contributed by atoms with E-state index in [1.54, 1.807) is 11.3 Å². The number of hydrogen-bond donors (Lipinski definition) is 1. The molecule has 0 radical (unpaired) electrons. The predicted octanol–water partition coefficient (Wildman–Crippen LogP) is 4.72. The van der Waals surface area contributed by atoms with E-state index < -0.39 is 20.4 Å². The first-order valence-corrected chi connectivity index (χ1v) is 11.2. The van der Waals surface area contributed by atoms with Gasteiger partial charge in [-0.2, -0.15) is 0 Å². The molecule has 0 aliphatic rings. The molecule has 0 aliphatic heterocycles. The Morgan fingerprint density at radius 2 is 2.09 bits per heavy atom. The maximum Gasteiger partial charge on any atom is 0.306 e. The van der Waals surface area contributed by atoms with Gasteiger partial charge in [-0.15, -0.1) is 11.3 Å². The Bertz CT molecular complexity index is 558. The highest BCUT2D eigenvalue weighted by atomic mass is 32.1. The summed E-state index contributed by atoms with van der Waals surface area (Å²) in [5.41, 5.74) is 1.78. The lowest BCUT2D eigenvalue weighted by Crippen LogP contribution is -2.44. The Labute approximate surface area is 138 Å². The van der Waals surface area contributed by atoms with Gasteiger partial charge in [0.1, 0.15) is 0 Å². The fourth-order valence-electron chi connectivity index (χ4n) is 1.76. The molecule has 0 bridgehead atoms. The molecule has 4 nitrogen and oxygen atoms in total. The smallest absolute Gasteiger partial charge is 0.306 e. The summed E-state index contributed by atoms with van der Waals surface area (Å²) in [5, 5.41) is 12.2. The normalized spacial score (nSPS) is 15.0. The molecule has 0 fully saturated rings. The third kappa shape index (κ3) is 5.33. The Morgan fingerprint density at radius 1 is 1.50 bits per heavy atom. The minimum atomic E-state index is -2.03. The van der Waals surface area contributed by atoms with Crippen LogP contribution in [0.4, 0.5) is 0 Å². The number of carboxylic acids is 1. The van der Waals surface area contributed by atoms with Crippen LogP contribution >= 0.6 is 11.3 Å². The van der Waals surface area contributed by atoms with Crippen molar-refractivity contribution in [1.82, 2.24) is 4.98 Å². The van der Waals surface area contributed by atoms with Crippen molar-refractivity contribution in [2.24, 2.45) is 0 Å². The highest BCUT2D eigenvalue weighted by molar-refractivity contribution is 7.09. The summed E-state index contributed by atoms with van der Waals surface area (Å²) in [6.45, 7) is 14.6. The first-order chi connectivity index (χ1) is 9.92. The second-order valence-corrected chi connectivity index (χ2v) is 13.0. The number of aromatic nitrogens is 1. The topological polar surface area (TPSA) is 59.4 Å². The highest BCUT2D eigenvalue weighted by Crippen LogP contribution is 2.38. The zero-order chi connectivity index (χ0) is 17.1. The van der Waals surface area contributed by atoms with Gasteiger partial charge in [-0.25, -0.2) is 4.98 Å². The van der Waals surface area contributed by atoms with Crippen LogP contribution in [0, 0.1) is 6.92 Å².